The van der Waals surface area contributed by atoms with E-state index in [-0.39, 0.29) is 6.54 Å². The molecular formula is C19H19N3O5. The van der Waals surface area contributed by atoms with E-state index in [1.54, 1.807) is 36.4 Å². The second kappa shape index (κ2) is 7.53. The van der Waals surface area contributed by atoms with Crippen molar-refractivity contribution >= 4 is 11.9 Å². The van der Waals surface area contributed by atoms with Gasteiger partial charge >= 0.3 is 5.97 Å². The molecule has 3 unspecified atom stereocenters. The molecule has 3 rings (SSSR count). The highest BCUT2D eigenvalue weighted by Crippen LogP contribution is 2.51. The third-order valence-electron chi connectivity index (χ3n) is 5.09. The molecule has 140 valence electrons. The molecule has 27 heavy (non-hydrogen) atoms. The normalized spacial score (nSPS) is 22.7. The summed E-state index contributed by atoms with van der Waals surface area (Å²) in [6, 6.07) is 12.3. The van der Waals surface area contributed by atoms with Crippen LogP contribution in [0.25, 0.3) is 0 Å². The van der Waals surface area contributed by atoms with Crippen molar-refractivity contribution in [3.8, 4) is 0 Å². The highest BCUT2D eigenvalue weighted by Gasteiger charge is 2.64. The maximum absolute atomic E-state index is 13.0. The molecule has 1 N–H and O–H groups in total. The van der Waals surface area contributed by atoms with Crippen LogP contribution in [0.3, 0.4) is 0 Å². The number of carbonyl (C=O) groups excluding carboxylic acids is 2. The van der Waals surface area contributed by atoms with Crippen LogP contribution >= 0.6 is 0 Å². The predicted octanol–water partition coefficient (Wildman–Crippen LogP) is 1.51. The fourth-order valence-electron chi connectivity index (χ4n) is 3.92. The van der Waals surface area contributed by atoms with E-state index in [0.29, 0.717) is 5.56 Å². The smallest absolute Gasteiger partial charge is 0.322 e. The van der Waals surface area contributed by atoms with Crippen LogP contribution in [0.1, 0.15) is 23.0 Å². The minimum absolute atomic E-state index is 0.187. The second-order valence-corrected chi connectivity index (χ2v) is 6.39. The largest absolute Gasteiger partial charge is 0.468 e. The van der Waals surface area contributed by atoms with Gasteiger partial charge in [-0.1, -0.05) is 36.4 Å². The average Bonchev–Trinajstić information content (AvgIpc) is 3.04. The van der Waals surface area contributed by atoms with Gasteiger partial charge < -0.3 is 10.1 Å². The van der Waals surface area contributed by atoms with E-state index in [9.17, 15) is 19.7 Å². The number of hydrogen-bond acceptors (Lipinski definition) is 6. The monoisotopic (exact) mass is 369 g/mol. The first-order chi connectivity index (χ1) is 13.0. The van der Waals surface area contributed by atoms with Crippen molar-refractivity contribution < 1.29 is 19.2 Å². The van der Waals surface area contributed by atoms with E-state index in [1.807, 2.05) is 6.07 Å². The van der Waals surface area contributed by atoms with Crippen LogP contribution in [-0.4, -0.2) is 42.0 Å². The van der Waals surface area contributed by atoms with Crippen molar-refractivity contribution in [1.29, 1.82) is 0 Å². The SMILES string of the molecule is COC(=O)C1(C(C[N+](=O)[O-])c2cccnc2)C(=O)NCC1c1ccccc1. The van der Waals surface area contributed by atoms with Crippen molar-refractivity contribution in [3.05, 3.63) is 76.1 Å². The third-order valence-corrected chi connectivity index (χ3v) is 5.09. The fraction of sp³-hybridized carbons (Fsp3) is 0.316. The summed E-state index contributed by atoms with van der Waals surface area (Å²) in [4.78, 5) is 41.0. The summed E-state index contributed by atoms with van der Waals surface area (Å²) in [5, 5.41) is 14.2. The van der Waals surface area contributed by atoms with E-state index in [2.05, 4.69) is 10.3 Å². The summed E-state index contributed by atoms with van der Waals surface area (Å²) in [6.45, 7) is -0.413. The van der Waals surface area contributed by atoms with Gasteiger partial charge in [0.1, 0.15) is 0 Å². The molecule has 1 amide bonds. The number of methoxy groups -OCH3 is 1. The predicted molar refractivity (Wildman–Crippen MR) is 95.5 cm³/mol. The maximum atomic E-state index is 13.0. The van der Waals surface area contributed by atoms with Crippen molar-refractivity contribution in [2.45, 2.75) is 11.8 Å². The van der Waals surface area contributed by atoms with E-state index in [4.69, 9.17) is 4.74 Å². The zero-order chi connectivity index (χ0) is 19.4. The molecule has 1 aromatic heterocycles. The van der Waals surface area contributed by atoms with Gasteiger partial charge in [-0.25, -0.2) is 0 Å². The Kier molecular flexibility index (Phi) is 5.16. The van der Waals surface area contributed by atoms with E-state index in [0.717, 1.165) is 5.56 Å². The Morgan fingerprint density at radius 1 is 1.37 bits per heavy atom. The van der Waals surface area contributed by atoms with Crippen LogP contribution in [0, 0.1) is 15.5 Å². The minimum atomic E-state index is -1.76. The molecule has 0 radical (unpaired) electrons. The van der Waals surface area contributed by atoms with Gasteiger partial charge in [-0.15, -0.1) is 0 Å². The summed E-state index contributed by atoms with van der Waals surface area (Å²) in [5.74, 6) is -2.99. The fourth-order valence-corrected chi connectivity index (χ4v) is 3.92. The summed E-state index contributed by atoms with van der Waals surface area (Å²) >= 11 is 0. The Bertz CT molecular complexity index is 843. The number of esters is 1. The molecule has 2 heterocycles. The number of amides is 1. The molecule has 1 aliphatic rings. The van der Waals surface area contributed by atoms with E-state index < -0.39 is 40.6 Å². The number of ether oxygens (including phenoxy) is 1. The number of aromatic nitrogens is 1. The molecule has 0 bridgehead atoms. The molecule has 2 aromatic rings. The molecule has 0 saturated carbocycles. The van der Waals surface area contributed by atoms with Crippen LogP contribution in [0.15, 0.2) is 54.9 Å². The van der Waals surface area contributed by atoms with Crippen molar-refractivity contribution in [2.24, 2.45) is 5.41 Å². The highest BCUT2D eigenvalue weighted by atomic mass is 16.6. The summed E-state index contributed by atoms with van der Waals surface area (Å²) < 4.78 is 5.00. The Morgan fingerprint density at radius 3 is 2.70 bits per heavy atom. The lowest BCUT2D eigenvalue weighted by Crippen LogP contribution is -2.49. The van der Waals surface area contributed by atoms with Crippen molar-refractivity contribution in [3.63, 3.8) is 0 Å². The Balaban J connectivity index is 2.24. The summed E-state index contributed by atoms with van der Waals surface area (Å²) in [6.07, 6.45) is 2.98. The van der Waals surface area contributed by atoms with E-state index >= 15 is 0 Å². The lowest BCUT2D eigenvalue weighted by molar-refractivity contribution is -0.485. The first-order valence-electron chi connectivity index (χ1n) is 8.45. The van der Waals surface area contributed by atoms with Gasteiger partial charge in [0.2, 0.25) is 12.5 Å². The van der Waals surface area contributed by atoms with Crippen LogP contribution in [0.5, 0.6) is 0 Å². The number of nitrogens with one attached hydrogen (secondary N) is 1. The number of pyridine rings is 1. The highest BCUT2D eigenvalue weighted by molar-refractivity contribution is 6.06. The molecule has 3 atom stereocenters. The van der Waals surface area contributed by atoms with Crippen LogP contribution in [-0.2, 0) is 14.3 Å². The van der Waals surface area contributed by atoms with Crippen molar-refractivity contribution in [2.75, 3.05) is 20.2 Å². The number of benzene rings is 1. The molecular weight excluding hydrogens is 350 g/mol. The first kappa shape index (κ1) is 18.5. The minimum Gasteiger partial charge on any atom is -0.468 e. The summed E-state index contributed by atoms with van der Waals surface area (Å²) in [5.41, 5.74) is -0.581. The quantitative estimate of drug-likeness (QED) is 0.358. The maximum Gasteiger partial charge on any atom is 0.322 e. The standard InChI is InChI=1S/C19H19N3O5/c1-27-18(24)19(16(12-22(25)26)14-8-5-9-20-10-14)15(11-21-17(19)23)13-6-3-2-4-7-13/h2-10,15-16H,11-12H2,1H3,(H,21,23). The summed E-state index contributed by atoms with van der Waals surface area (Å²) in [7, 11) is 1.18. The lowest BCUT2D eigenvalue weighted by atomic mass is 9.63. The zero-order valence-corrected chi connectivity index (χ0v) is 14.7. The molecule has 0 aliphatic carbocycles. The van der Waals surface area contributed by atoms with Gasteiger partial charge in [0.25, 0.3) is 0 Å². The molecule has 1 aliphatic heterocycles. The zero-order valence-electron chi connectivity index (χ0n) is 14.7. The van der Waals surface area contributed by atoms with Gasteiger partial charge in [-0.2, -0.15) is 0 Å². The topological polar surface area (TPSA) is 111 Å². The van der Waals surface area contributed by atoms with Crippen LogP contribution in [0.4, 0.5) is 0 Å². The number of nitrogens with zero attached hydrogens (tertiary/aromatic N) is 2. The molecule has 1 fully saturated rings. The van der Waals surface area contributed by atoms with Crippen molar-refractivity contribution in [1.82, 2.24) is 10.3 Å². The number of hydrogen-bond donors (Lipinski definition) is 1. The Morgan fingerprint density at radius 2 is 2.11 bits per heavy atom. The van der Waals surface area contributed by atoms with Gasteiger partial charge in [0.05, 0.1) is 13.0 Å². The Labute approximate surface area is 155 Å². The molecule has 8 heteroatoms. The van der Waals surface area contributed by atoms with Crippen LogP contribution < -0.4 is 5.32 Å². The lowest BCUT2D eigenvalue weighted by Gasteiger charge is -2.35. The Hall–Kier alpha value is -3.29. The van der Waals surface area contributed by atoms with Gasteiger partial charge in [0, 0.05) is 29.8 Å². The number of nitro groups is 1. The average molecular weight is 369 g/mol. The molecule has 1 saturated heterocycles. The number of carbonyl (C=O) groups is 2. The van der Waals surface area contributed by atoms with Crippen LogP contribution in [0.2, 0.25) is 0 Å². The number of rotatable bonds is 6. The van der Waals surface area contributed by atoms with Gasteiger partial charge in [-0.3, -0.25) is 24.7 Å². The van der Waals surface area contributed by atoms with Gasteiger partial charge in [-0.05, 0) is 17.2 Å². The van der Waals surface area contributed by atoms with E-state index in [1.165, 1.54) is 19.5 Å². The second-order valence-electron chi connectivity index (χ2n) is 6.39. The third kappa shape index (κ3) is 3.14. The first-order valence-corrected chi connectivity index (χ1v) is 8.45. The molecule has 0 spiro atoms. The molecule has 8 nitrogen and oxygen atoms in total. The molecule has 1 aromatic carbocycles. The van der Waals surface area contributed by atoms with Gasteiger partial charge in [0.15, 0.2) is 5.41 Å².